The first kappa shape index (κ1) is 21.2. The first-order valence-electron chi connectivity index (χ1n) is 9.07. The number of carbonyl (C=O) groups excluding carboxylic acids is 3. The third-order valence-electron chi connectivity index (χ3n) is 4.21. The van der Waals surface area contributed by atoms with Gasteiger partial charge in [0.05, 0.1) is 0 Å². The molecule has 0 bridgehead atoms. The van der Waals surface area contributed by atoms with Crippen molar-refractivity contribution in [2.24, 2.45) is 4.99 Å². The minimum atomic E-state index is -0.689. The summed E-state index contributed by atoms with van der Waals surface area (Å²) in [6, 6.07) is 15.6. The van der Waals surface area contributed by atoms with Crippen molar-refractivity contribution in [2.45, 2.75) is 6.42 Å². The number of hydrogen-bond donors (Lipinski definition) is 2. The summed E-state index contributed by atoms with van der Waals surface area (Å²) < 4.78 is 0. The molecule has 1 aliphatic rings. The van der Waals surface area contributed by atoms with Gasteiger partial charge in [-0.25, -0.2) is 9.79 Å². The van der Waals surface area contributed by atoms with Crippen LogP contribution in [0.4, 0.5) is 0 Å². The SMILES string of the molecule is CN1NOC(=O)/C1=C\C(=NC(=O)c1ccccc1)C(=O)NCCc1ccc(Cl)cc1. The fourth-order valence-corrected chi connectivity index (χ4v) is 2.72. The molecule has 1 aliphatic heterocycles. The molecule has 0 unspecified atom stereocenters. The van der Waals surface area contributed by atoms with Gasteiger partial charge in [0.15, 0.2) is 0 Å². The number of hydrazine groups is 1. The van der Waals surface area contributed by atoms with Crippen molar-refractivity contribution in [3.05, 3.63) is 82.5 Å². The van der Waals surface area contributed by atoms with Crippen molar-refractivity contribution < 1.29 is 19.2 Å². The van der Waals surface area contributed by atoms with Gasteiger partial charge < -0.3 is 10.2 Å². The van der Waals surface area contributed by atoms with Crippen LogP contribution < -0.4 is 10.9 Å². The maximum Gasteiger partial charge on any atom is 0.376 e. The molecule has 9 heteroatoms. The molecule has 30 heavy (non-hydrogen) atoms. The largest absolute Gasteiger partial charge is 0.376 e. The van der Waals surface area contributed by atoms with Crippen LogP contribution in [0.1, 0.15) is 15.9 Å². The number of nitrogens with one attached hydrogen (secondary N) is 2. The van der Waals surface area contributed by atoms with E-state index < -0.39 is 17.8 Å². The van der Waals surface area contributed by atoms with E-state index in [1.54, 1.807) is 42.5 Å². The molecule has 0 aliphatic carbocycles. The number of amides is 2. The normalized spacial score (nSPS) is 15.3. The van der Waals surface area contributed by atoms with E-state index >= 15 is 0 Å². The van der Waals surface area contributed by atoms with Gasteiger partial charge in [-0.2, -0.15) is 0 Å². The van der Waals surface area contributed by atoms with E-state index in [9.17, 15) is 14.4 Å². The van der Waals surface area contributed by atoms with E-state index in [-0.39, 0.29) is 11.4 Å². The van der Waals surface area contributed by atoms with Crippen molar-refractivity contribution in [1.29, 1.82) is 0 Å². The molecular formula is C21H19ClN4O4. The van der Waals surface area contributed by atoms with Crippen LogP contribution in [0.15, 0.2) is 71.4 Å². The van der Waals surface area contributed by atoms with Crippen LogP contribution in [0.2, 0.25) is 5.02 Å². The fourth-order valence-electron chi connectivity index (χ4n) is 2.60. The third kappa shape index (κ3) is 5.53. The minimum Gasteiger partial charge on any atom is -0.350 e. The van der Waals surface area contributed by atoms with Crippen molar-refractivity contribution in [2.75, 3.05) is 13.6 Å². The summed E-state index contributed by atoms with van der Waals surface area (Å²) in [5.41, 5.74) is 3.50. The molecule has 0 spiro atoms. The van der Waals surface area contributed by atoms with E-state index in [4.69, 9.17) is 11.6 Å². The molecule has 1 fully saturated rings. The Morgan fingerprint density at radius 1 is 1.17 bits per heavy atom. The van der Waals surface area contributed by atoms with Gasteiger partial charge in [-0.3, -0.25) is 14.6 Å². The van der Waals surface area contributed by atoms with Crippen LogP contribution in [0.3, 0.4) is 0 Å². The van der Waals surface area contributed by atoms with Gasteiger partial charge in [0, 0.05) is 30.3 Å². The van der Waals surface area contributed by atoms with Gasteiger partial charge in [-0.1, -0.05) is 47.5 Å². The molecule has 2 aromatic rings. The fraction of sp³-hybridized carbons (Fsp3) is 0.143. The number of nitrogens with zero attached hydrogens (tertiary/aromatic N) is 2. The van der Waals surface area contributed by atoms with Crippen molar-refractivity contribution in [3.63, 3.8) is 0 Å². The Hall–Kier alpha value is -3.49. The van der Waals surface area contributed by atoms with Gasteiger partial charge in [0.25, 0.3) is 11.8 Å². The lowest BCUT2D eigenvalue weighted by Gasteiger charge is -2.09. The number of carbonyl (C=O) groups is 3. The van der Waals surface area contributed by atoms with Crippen LogP contribution in [0, 0.1) is 0 Å². The van der Waals surface area contributed by atoms with Crippen molar-refractivity contribution in [1.82, 2.24) is 15.9 Å². The predicted molar refractivity (Wildman–Crippen MR) is 111 cm³/mol. The molecule has 0 atom stereocenters. The van der Waals surface area contributed by atoms with Crippen LogP contribution >= 0.6 is 11.6 Å². The average molecular weight is 427 g/mol. The van der Waals surface area contributed by atoms with E-state index in [0.29, 0.717) is 23.6 Å². The molecule has 154 valence electrons. The Balaban J connectivity index is 1.77. The second kappa shape index (κ2) is 9.82. The van der Waals surface area contributed by atoms with E-state index in [1.807, 2.05) is 12.1 Å². The molecular weight excluding hydrogens is 408 g/mol. The molecule has 2 aromatic carbocycles. The smallest absolute Gasteiger partial charge is 0.350 e. The summed E-state index contributed by atoms with van der Waals surface area (Å²) in [5, 5.41) is 4.63. The summed E-state index contributed by atoms with van der Waals surface area (Å²) >= 11 is 5.87. The lowest BCUT2D eigenvalue weighted by atomic mass is 10.1. The zero-order valence-electron chi connectivity index (χ0n) is 16.1. The summed E-state index contributed by atoms with van der Waals surface area (Å²) in [6.45, 7) is 0.306. The molecule has 1 heterocycles. The van der Waals surface area contributed by atoms with Gasteiger partial charge in [0.1, 0.15) is 11.4 Å². The predicted octanol–water partition coefficient (Wildman–Crippen LogP) is 2.07. The average Bonchev–Trinajstić information content (AvgIpc) is 3.07. The first-order chi connectivity index (χ1) is 14.4. The number of hydrogen-bond acceptors (Lipinski definition) is 6. The van der Waals surface area contributed by atoms with E-state index in [0.717, 1.165) is 5.56 Å². The Morgan fingerprint density at radius 2 is 1.87 bits per heavy atom. The molecule has 2 N–H and O–H groups in total. The molecule has 0 saturated carbocycles. The monoisotopic (exact) mass is 426 g/mol. The zero-order valence-corrected chi connectivity index (χ0v) is 16.8. The molecule has 0 aromatic heterocycles. The number of halogens is 1. The number of benzene rings is 2. The summed E-state index contributed by atoms with van der Waals surface area (Å²) in [7, 11) is 1.53. The topological polar surface area (TPSA) is 100 Å². The Bertz CT molecular complexity index is 1000. The highest BCUT2D eigenvalue weighted by molar-refractivity contribution is 6.45. The van der Waals surface area contributed by atoms with Gasteiger partial charge >= 0.3 is 5.97 Å². The third-order valence-corrected chi connectivity index (χ3v) is 4.46. The summed E-state index contributed by atoms with van der Waals surface area (Å²) in [4.78, 5) is 45.6. The van der Waals surface area contributed by atoms with Crippen LogP contribution in [-0.2, 0) is 20.8 Å². The number of rotatable bonds is 6. The zero-order chi connectivity index (χ0) is 21.5. The maximum absolute atomic E-state index is 12.7. The second-order valence-electron chi connectivity index (χ2n) is 6.37. The van der Waals surface area contributed by atoms with Crippen LogP contribution in [-0.4, -0.2) is 42.1 Å². The molecule has 0 radical (unpaired) electrons. The first-order valence-corrected chi connectivity index (χ1v) is 9.45. The van der Waals surface area contributed by atoms with Gasteiger partial charge in [-0.15, -0.1) is 0 Å². The lowest BCUT2D eigenvalue weighted by Crippen LogP contribution is -2.33. The standard InChI is InChI=1S/C21H19ClN4O4/c1-26-18(21(29)30-25-26)13-17(24-19(27)15-5-3-2-4-6-15)20(28)23-12-11-14-7-9-16(22)10-8-14/h2-10,13,25H,11-12H2,1H3,(H,23,28)/b18-13+,24-17?. The maximum atomic E-state index is 12.7. The van der Waals surface area contributed by atoms with Crippen LogP contribution in [0.25, 0.3) is 0 Å². The van der Waals surface area contributed by atoms with Gasteiger partial charge in [-0.05, 0) is 36.2 Å². The summed E-state index contributed by atoms with van der Waals surface area (Å²) in [5.74, 6) is -1.88. The van der Waals surface area contributed by atoms with E-state index in [2.05, 4.69) is 20.7 Å². The Kier molecular flexibility index (Phi) is 6.95. The highest BCUT2D eigenvalue weighted by atomic mass is 35.5. The Morgan fingerprint density at radius 3 is 2.50 bits per heavy atom. The molecule has 8 nitrogen and oxygen atoms in total. The second-order valence-corrected chi connectivity index (χ2v) is 6.81. The van der Waals surface area contributed by atoms with E-state index in [1.165, 1.54) is 18.1 Å². The van der Waals surface area contributed by atoms with Crippen molar-refractivity contribution in [3.8, 4) is 0 Å². The highest BCUT2D eigenvalue weighted by Gasteiger charge is 2.26. The molecule has 1 saturated heterocycles. The Labute approximate surface area is 178 Å². The minimum absolute atomic E-state index is 0.0439. The summed E-state index contributed by atoms with van der Waals surface area (Å²) in [6.07, 6.45) is 1.77. The number of aliphatic imine (C=N–C) groups is 1. The lowest BCUT2D eigenvalue weighted by molar-refractivity contribution is -0.142. The molecule has 2 amide bonds. The van der Waals surface area contributed by atoms with Crippen molar-refractivity contribution >= 4 is 35.1 Å². The highest BCUT2D eigenvalue weighted by Crippen LogP contribution is 2.11. The van der Waals surface area contributed by atoms with Crippen LogP contribution in [0.5, 0.6) is 0 Å². The number of likely N-dealkylation sites (N-methyl/N-ethyl adjacent to an activating group) is 1. The quantitative estimate of drug-likeness (QED) is 0.542. The van der Waals surface area contributed by atoms with Gasteiger partial charge in [0.2, 0.25) is 0 Å². The molecule has 3 rings (SSSR count).